The van der Waals surface area contributed by atoms with Gasteiger partial charge in [0.25, 0.3) is 0 Å². The number of nitrogen functional groups attached to an aromatic ring is 1. The van der Waals surface area contributed by atoms with E-state index in [1.54, 1.807) is 17.0 Å². The highest BCUT2D eigenvalue weighted by molar-refractivity contribution is 5.90. The monoisotopic (exact) mass is 385 g/mol. The van der Waals surface area contributed by atoms with Crippen LogP contribution < -0.4 is 5.73 Å². The lowest BCUT2D eigenvalue weighted by Gasteiger charge is -2.25. The number of amides is 1. The molecular formula is C17H16FN7O3. The maximum Gasteiger partial charge on any atom is 0.316 e. The number of carbonyl (C=O) groups is 1. The molecule has 4 rings (SSSR count). The van der Waals surface area contributed by atoms with Crippen LogP contribution in [0.2, 0.25) is 0 Å². The van der Waals surface area contributed by atoms with Crippen molar-refractivity contribution in [3.63, 3.8) is 0 Å². The average Bonchev–Trinajstić information content (AvgIpc) is 3.18. The van der Waals surface area contributed by atoms with Gasteiger partial charge in [0, 0.05) is 19.5 Å². The molecule has 0 saturated carbocycles. The van der Waals surface area contributed by atoms with Crippen molar-refractivity contribution in [1.29, 1.82) is 0 Å². The van der Waals surface area contributed by atoms with E-state index in [-0.39, 0.29) is 41.6 Å². The van der Waals surface area contributed by atoms with Crippen molar-refractivity contribution in [3.8, 4) is 11.6 Å². The molecule has 0 atom stereocenters. The standard InChI is InChI=1S/C17H16FN7O3/c18-11-3-1-2-10(8-11)9-12-20-13(23-17(19)21-12)14-22-15(28-24-14)16(26)25-4-6-27-7-5-25/h1-3,8H,4-7,9H2,(H2,19,20,21,23). The highest BCUT2D eigenvalue weighted by atomic mass is 19.1. The summed E-state index contributed by atoms with van der Waals surface area (Å²) in [6, 6.07) is 6.07. The third-order valence-corrected chi connectivity index (χ3v) is 4.06. The number of hydrogen-bond acceptors (Lipinski definition) is 9. The van der Waals surface area contributed by atoms with Crippen molar-refractivity contribution < 1.29 is 18.4 Å². The van der Waals surface area contributed by atoms with Gasteiger partial charge in [0.05, 0.1) is 13.2 Å². The van der Waals surface area contributed by atoms with Gasteiger partial charge >= 0.3 is 11.8 Å². The van der Waals surface area contributed by atoms with E-state index in [4.69, 9.17) is 15.0 Å². The van der Waals surface area contributed by atoms with Crippen molar-refractivity contribution >= 4 is 11.9 Å². The number of nitrogens with zero attached hydrogens (tertiary/aromatic N) is 6. The highest BCUT2D eigenvalue weighted by Gasteiger charge is 2.25. The predicted molar refractivity (Wildman–Crippen MR) is 93.5 cm³/mol. The van der Waals surface area contributed by atoms with E-state index in [2.05, 4.69) is 25.1 Å². The van der Waals surface area contributed by atoms with Gasteiger partial charge in [-0.15, -0.1) is 0 Å². The topological polar surface area (TPSA) is 133 Å². The van der Waals surface area contributed by atoms with Crippen LogP contribution in [0.25, 0.3) is 11.6 Å². The Morgan fingerprint density at radius 3 is 2.75 bits per heavy atom. The Morgan fingerprint density at radius 1 is 1.14 bits per heavy atom. The van der Waals surface area contributed by atoms with Crippen molar-refractivity contribution in [2.24, 2.45) is 0 Å². The number of aromatic nitrogens is 5. The number of hydrogen-bond donors (Lipinski definition) is 1. The predicted octanol–water partition coefficient (Wildman–Crippen LogP) is 0.706. The fourth-order valence-electron chi connectivity index (χ4n) is 2.75. The molecule has 1 aromatic carbocycles. The van der Waals surface area contributed by atoms with Crippen molar-refractivity contribution in [2.45, 2.75) is 6.42 Å². The van der Waals surface area contributed by atoms with E-state index < -0.39 is 0 Å². The minimum absolute atomic E-state index is 0.0196. The van der Waals surface area contributed by atoms with Crippen molar-refractivity contribution in [1.82, 2.24) is 30.0 Å². The Bertz CT molecular complexity index is 1000. The number of rotatable bonds is 4. The van der Waals surface area contributed by atoms with Gasteiger partial charge in [-0.25, -0.2) is 9.37 Å². The lowest BCUT2D eigenvalue weighted by Crippen LogP contribution is -2.40. The summed E-state index contributed by atoms with van der Waals surface area (Å²) in [6.07, 6.45) is 0.245. The lowest BCUT2D eigenvalue weighted by atomic mass is 10.1. The average molecular weight is 385 g/mol. The van der Waals surface area contributed by atoms with E-state index in [0.29, 0.717) is 37.7 Å². The molecule has 0 radical (unpaired) electrons. The third-order valence-electron chi connectivity index (χ3n) is 4.06. The largest absolute Gasteiger partial charge is 0.378 e. The van der Waals surface area contributed by atoms with Gasteiger partial charge in [0.2, 0.25) is 17.6 Å². The first-order chi connectivity index (χ1) is 13.6. The number of anilines is 1. The van der Waals surface area contributed by atoms with Crippen LogP contribution in [0.1, 0.15) is 22.1 Å². The minimum atomic E-state index is -0.385. The molecule has 1 aliphatic heterocycles. The Morgan fingerprint density at radius 2 is 1.96 bits per heavy atom. The SMILES string of the molecule is Nc1nc(Cc2cccc(F)c2)nc(-c2noc(C(=O)N3CCOCC3)n2)n1. The summed E-state index contributed by atoms with van der Waals surface area (Å²) in [7, 11) is 0. The summed E-state index contributed by atoms with van der Waals surface area (Å²) < 4.78 is 23.7. The molecule has 1 amide bonds. The van der Waals surface area contributed by atoms with Crippen LogP contribution in [0.4, 0.5) is 10.3 Å². The molecule has 1 fully saturated rings. The Kier molecular flexibility index (Phi) is 4.89. The molecule has 1 saturated heterocycles. The second kappa shape index (κ2) is 7.64. The maximum atomic E-state index is 13.4. The molecule has 0 aliphatic carbocycles. The van der Waals surface area contributed by atoms with Crippen LogP contribution in [-0.2, 0) is 11.2 Å². The van der Waals surface area contributed by atoms with Gasteiger partial charge in [-0.2, -0.15) is 15.0 Å². The number of benzene rings is 1. The number of morpholine rings is 1. The molecule has 0 bridgehead atoms. The van der Waals surface area contributed by atoms with Crippen LogP contribution in [0, 0.1) is 5.82 Å². The fourth-order valence-corrected chi connectivity index (χ4v) is 2.75. The summed E-state index contributed by atoms with van der Waals surface area (Å²) in [6.45, 7) is 1.82. The molecule has 2 N–H and O–H groups in total. The quantitative estimate of drug-likeness (QED) is 0.689. The van der Waals surface area contributed by atoms with E-state index in [9.17, 15) is 9.18 Å². The second-order valence-electron chi connectivity index (χ2n) is 6.07. The summed E-state index contributed by atoms with van der Waals surface area (Å²) in [5.41, 5.74) is 6.43. The molecule has 0 spiro atoms. The summed E-state index contributed by atoms with van der Waals surface area (Å²) in [4.78, 5) is 30.4. The normalized spacial score (nSPS) is 14.2. The molecule has 10 nitrogen and oxygen atoms in total. The Balaban J connectivity index is 1.57. The molecule has 11 heteroatoms. The van der Waals surface area contributed by atoms with Crippen LogP contribution in [0.3, 0.4) is 0 Å². The number of halogens is 1. The zero-order chi connectivity index (χ0) is 19.5. The lowest BCUT2D eigenvalue weighted by molar-refractivity contribution is 0.0272. The molecular weight excluding hydrogens is 369 g/mol. The smallest absolute Gasteiger partial charge is 0.316 e. The van der Waals surface area contributed by atoms with Gasteiger partial charge in [0.15, 0.2) is 0 Å². The van der Waals surface area contributed by atoms with Gasteiger partial charge in [0.1, 0.15) is 11.6 Å². The summed E-state index contributed by atoms with van der Waals surface area (Å²) >= 11 is 0. The molecule has 0 unspecified atom stereocenters. The molecule has 2 aromatic heterocycles. The zero-order valence-electron chi connectivity index (χ0n) is 14.7. The summed E-state index contributed by atoms with van der Waals surface area (Å²) in [5, 5.41) is 3.77. The van der Waals surface area contributed by atoms with Crippen LogP contribution in [0.15, 0.2) is 28.8 Å². The fraction of sp³-hybridized carbons (Fsp3) is 0.294. The first-order valence-electron chi connectivity index (χ1n) is 8.54. The van der Waals surface area contributed by atoms with E-state index in [0.717, 1.165) is 0 Å². The molecule has 28 heavy (non-hydrogen) atoms. The number of carbonyl (C=O) groups excluding carboxylic acids is 1. The zero-order valence-corrected chi connectivity index (χ0v) is 14.7. The van der Waals surface area contributed by atoms with Gasteiger partial charge < -0.3 is 19.9 Å². The van der Waals surface area contributed by atoms with Gasteiger partial charge in [-0.3, -0.25) is 4.79 Å². The maximum absolute atomic E-state index is 13.4. The third kappa shape index (κ3) is 3.93. The Labute approximate surface area is 158 Å². The number of nitrogens with two attached hydrogens (primary N) is 1. The van der Waals surface area contributed by atoms with Gasteiger partial charge in [-0.05, 0) is 17.7 Å². The highest BCUT2D eigenvalue weighted by Crippen LogP contribution is 2.15. The van der Waals surface area contributed by atoms with E-state index in [1.165, 1.54) is 12.1 Å². The second-order valence-corrected chi connectivity index (χ2v) is 6.07. The van der Waals surface area contributed by atoms with Crippen LogP contribution in [-0.4, -0.2) is 62.2 Å². The van der Waals surface area contributed by atoms with E-state index in [1.807, 2.05) is 0 Å². The number of ether oxygens (including phenoxy) is 1. The Hall–Kier alpha value is -3.47. The van der Waals surface area contributed by atoms with Crippen molar-refractivity contribution in [3.05, 3.63) is 47.4 Å². The van der Waals surface area contributed by atoms with Crippen molar-refractivity contribution in [2.75, 3.05) is 32.0 Å². The summed E-state index contributed by atoms with van der Waals surface area (Å²) in [5.74, 6) is -0.535. The molecule has 3 aromatic rings. The molecule has 1 aliphatic rings. The molecule has 144 valence electrons. The molecule has 3 heterocycles. The van der Waals surface area contributed by atoms with Crippen LogP contribution >= 0.6 is 0 Å². The first kappa shape index (κ1) is 17.9. The first-order valence-corrected chi connectivity index (χ1v) is 8.54. The van der Waals surface area contributed by atoms with E-state index >= 15 is 0 Å². The minimum Gasteiger partial charge on any atom is -0.378 e. The van der Waals surface area contributed by atoms with Crippen LogP contribution in [0.5, 0.6) is 0 Å². The van der Waals surface area contributed by atoms with Gasteiger partial charge in [-0.1, -0.05) is 17.3 Å².